The third-order valence-electron chi connectivity index (χ3n) is 2.03. The molecule has 5 heteroatoms. The van der Waals surface area contributed by atoms with Crippen LogP contribution in [0.2, 0.25) is 0 Å². The number of nitrogen functional groups attached to an aromatic ring is 1. The molecule has 4 nitrogen and oxygen atoms in total. The highest BCUT2D eigenvalue weighted by Crippen LogP contribution is 2.13. The molecule has 0 saturated heterocycles. The Kier molecular flexibility index (Phi) is 3.71. The van der Waals surface area contributed by atoms with Crippen LogP contribution in [0.15, 0.2) is 30.3 Å². The van der Waals surface area contributed by atoms with Crippen LogP contribution in [0.25, 0.3) is 0 Å². The van der Waals surface area contributed by atoms with Crippen molar-refractivity contribution in [3.63, 3.8) is 0 Å². The first kappa shape index (κ1) is 10.9. The zero-order valence-electron chi connectivity index (χ0n) is 8.80. The van der Waals surface area contributed by atoms with Crippen LogP contribution in [0.5, 0.6) is 5.75 Å². The molecule has 16 heavy (non-hydrogen) atoms. The largest absolute Gasteiger partial charge is 0.494 e. The van der Waals surface area contributed by atoms with Crippen LogP contribution in [0.3, 0.4) is 0 Å². The lowest BCUT2D eigenvalue weighted by Crippen LogP contribution is -1.98. The van der Waals surface area contributed by atoms with E-state index in [1.54, 1.807) is 0 Å². The highest BCUT2D eigenvalue weighted by atomic mass is 32.1. The molecule has 84 valence electrons. The molecule has 0 atom stereocenters. The average molecular weight is 235 g/mol. The Labute approximate surface area is 98.1 Å². The van der Waals surface area contributed by atoms with Gasteiger partial charge in [0.05, 0.1) is 6.61 Å². The lowest BCUT2D eigenvalue weighted by molar-refractivity contribution is 0.311. The molecule has 0 unspecified atom stereocenters. The van der Waals surface area contributed by atoms with E-state index in [9.17, 15) is 0 Å². The average Bonchev–Trinajstić information content (AvgIpc) is 2.72. The molecular weight excluding hydrogens is 222 g/mol. The molecule has 2 N–H and O–H groups in total. The van der Waals surface area contributed by atoms with Crippen molar-refractivity contribution in [3.05, 3.63) is 35.3 Å². The lowest BCUT2D eigenvalue weighted by atomic mass is 10.3. The quantitative estimate of drug-likeness (QED) is 0.806. The van der Waals surface area contributed by atoms with E-state index in [2.05, 4.69) is 10.2 Å². The third kappa shape index (κ3) is 3.20. The number of aromatic nitrogens is 2. The topological polar surface area (TPSA) is 61.0 Å². The maximum Gasteiger partial charge on any atom is 0.203 e. The fraction of sp³-hybridized carbons (Fsp3) is 0.273. The number of para-hydroxylation sites is 1. The fourth-order valence-electron chi connectivity index (χ4n) is 1.30. The van der Waals surface area contributed by atoms with Crippen molar-refractivity contribution in [3.8, 4) is 5.75 Å². The second-order valence-corrected chi connectivity index (χ2v) is 4.39. The van der Waals surface area contributed by atoms with Gasteiger partial charge in [0, 0.05) is 6.42 Å². The van der Waals surface area contributed by atoms with Crippen LogP contribution < -0.4 is 10.5 Å². The van der Waals surface area contributed by atoms with Crippen LogP contribution >= 0.6 is 11.3 Å². The number of hydrogen-bond donors (Lipinski definition) is 1. The summed E-state index contributed by atoms with van der Waals surface area (Å²) < 4.78 is 5.56. The van der Waals surface area contributed by atoms with Gasteiger partial charge in [0.2, 0.25) is 5.13 Å². The van der Waals surface area contributed by atoms with Crippen molar-refractivity contribution in [2.24, 2.45) is 0 Å². The van der Waals surface area contributed by atoms with Gasteiger partial charge in [-0.25, -0.2) is 0 Å². The van der Waals surface area contributed by atoms with Crippen LogP contribution in [-0.4, -0.2) is 16.8 Å². The molecule has 0 aliphatic rings. The summed E-state index contributed by atoms with van der Waals surface area (Å²) in [6.45, 7) is 0.684. The van der Waals surface area contributed by atoms with Crippen LogP contribution in [-0.2, 0) is 6.42 Å². The molecular formula is C11H13N3OS. The highest BCUT2D eigenvalue weighted by molar-refractivity contribution is 7.15. The molecule has 1 aromatic heterocycles. The van der Waals surface area contributed by atoms with Gasteiger partial charge >= 0.3 is 0 Å². The Morgan fingerprint density at radius 2 is 2.00 bits per heavy atom. The second-order valence-electron chi connectivity index (χ2n) is 3.30. The van der Waals surface area contributed by atoms with Crippen molar-refractivity contribution >= 4 is 16.5 Å². The minimum atomic E-state index is 0.527. The Balaban J connectivity index is 1.69. The SMILES string of the molecule is Nc1nnc(CCCOc2ccccc2)s1. The highest BCUT2D eigenvalue weighted by Gasteiger charge is 2.00. The number of rotatable bonds is 5. The van der Waals surface area contributed by atoms with Gasteiger partial charge in [0.1, 0.15) is 10.8 Å². The first-order valence-corrected chi connectivity index (χ1v) is 5.92. The van der Waals surface area contributed by atoms with E-state index in [0.717, 1.165) is 23.6 Å². The number of aryl methyl sites for hydroxylation is 1. The Morgan fingerprint density at radius 3 is 2.69 bits per heavy atom. The maximum absolute atomic E-state index is 5.56. The number of nitrogens with zero attached hydrogens (tertiary/aromatic N) is 2. The van der Waals surface area contributed by atoms with Gasteiger partial charge in [0.25, 0.3) is 0 Å². The van der Waals surface area contributed by atoms with Gasteiger partial charge < -0.3 is 10.5 Å². The minimum absolute atomic E-state index is 0.527. The number of nitrogens with two attached hydrogens (primary N) is 1. The van der Waals surface area contributed by atoms with Crippen LogP contribution in [0, 0.1) is 0 Å². The zero-order chi connectivity index (χ0) is 11.2. The summed E-state index contributed by atoms with van der Waals surface area (Å²) >= 11 is 1.43. The third-order valence-corrected chi connectivity index (χ3v) is 2.84. The predicted molar refractivity (Wildman–Crippen MR) is 64.6 cm³/mol. The monoisotopic (exact) mass is 235 g/mol. The molecule has 0 spiro atoms. The summed E-state index contributed by atoms with van der Waals surface area (Å²) in [7, 11) is 0. The number of hydrogen-bond acceptors (Lipinski definition) is 5. The van der Waals surface area contributed by atoms with Crippen molar-refractivity contribution in [1.29, 1.82) is 0 Å². The lowest BCUT2D eigenvalue weighted by Gasteiger charge is -2.03. The van der Waals surface area contributed by atoms with E-state index >= 15 is 0 Å². The molecule has 1 aromatic carbocycles. The van der Waals surface area contributed by atoms with Crippen molar-refractivity contribution in [2.75, 3.05) is 12.3 Å². The van der Waals surface area contributed by atoms with E-state index in [1.807, 2.05) is 30.3 Å². The van der Waals surface area contributed by atoms with Crippen LogP contribution in [0.4, 0.5) is 5.13 Å². The molecule has 0 amide bonds. The summed E-state index contributed by atoms with van der Waals surface area (Å²) in [6.07, 6.45) is 1.78. The molecule has 2 rings (SSSR count). The standard InChI is InChI=1S/C11H13N3OS/c12-11-14-13-10(16-11)7-4-8-15-9-5-2-1-3-6-9/h1-3,5-6H,4,7-8H2,(H2,12,14). The zero-order valence-corrected chi connectivity index (χ0v) is 9.61. The van der Waals surface area contributed by atoms with Gasteiger partial charge in [-0.3, -0.25) is 0 Å². The molecule has 0 saturated carbocycles. The van der Waals surface area contributed by atoms with E-state index in [-0.39, 0.29) is 0 Å². The maximum atomic E-state index is 5.56. The van der Waals surface area contributed by atoms with E-state index in [1.165, 1.54) is 11.3 Å². The first-order chi connectivity index (χ1) is 7.84. The molecule has 2 aromatic rings. The molecule has 0 fully saturated rings. The number of benzene rings is 1. The van der Waals surface area contributed by atoms with E-state index in [4.69, 9.17) is 10.5 Å². The normalized spacial score (nSPS) is 10.2. The van der Waals surface area contributed by atoms with Crippen molar-refractivity contribution < 1.29 is 4.74 Å². The van der Waals surface area contributed by atoms with Gasteiger partial charge in [-0.15, -0.1) is 10.2 Å². The summed E-state index contributed by atoms with van der Waals surface area (Å²) in [5, 5.41) is 9.20. The Morgan fingerprint density at radius 1 is 1.19 bits per heavy atom. The van der Waals surface area contributed by atoms with E-state index < -0.39 is 0 Å². The molecule has 1 heterocycles. The summed E-state index contributed by atoms with van der Waals surface area (Å²) in [6, 6.07) is 9.78. The molecule has 0 radical (unpaired) electrons. The van der Waals surface area contributed by atoms with Gasteiger partial charge in [-0.05, 0) is 18.6 Å². The van der Waals surface area contributed by atoms with Gasteiger partial charge in [0.15, 0.2) is 0 Å². The predicted octanol–water partition coefficient (Wildman–Crippen LogP) is 2.13. The minimum Gasteiger partial charge on any atom is -0.494 e. The van der Waals surface area contributed by atoms with Gasteiger partial charge in [-0.1, -0.05) is 29.5 Å². The summed E-state index contributed by atoms with van der Waals surface area (Å²) in [4.78, 5) is 0. The van der Waals surface area contributed by atoms with E-state index in [0.29, 0.717) is 11.7 Å². The van der Waals surface area contributed by atoms with Crippen molar-refractivity contribution in [2.45, 2.75) is 12.8 Å². The first-order valence-electron chi connectivity index (χ1n) is 5.10. The summed E-state index contributed by atoms with van der Waals surface area (Å²) in [5.41, 5.74) is 5.49. The second kappa shape index (κ2) is 5.46. The molecule has 0 bridgehead atoms. The van der Waals surface area contributed by atoms with Gasteiger partial charge in [-0.2, -0.15) is 0 Å². The molecule has 0 aliphatic carbocycles. The number of anilines is 1. The Hall–Kier alpha value is -1.62. The smallest absolute Gasteiger partial charge is 0.203 e. The van der Waals surface area contributed by atoms with Crippen LogP contribution in [0.1, 0.15) is 11.4 Å². The Bertz CT molecular complexity index is 430. The fourth-order valence-corrected chi connectivity index (χ4v) is 1.95. The number of ether oxygens (including phenoxy) is 1. The summed E-state index contributed by atoms with van der Waals surface area (Å²) in [5.74, 6) is 0.902. The van der Waals surface area contributed by atoms with Crippen molar-refractivity contribution in [1.82, 2.24) is 10.2 Å². The molecule has 0 aliphatic heterocycles.